The second-order valence-corrected chi connectivity index (χ2v) is 4.55. The smallest absolute Gasteiger partial charge is 0.325 e. The Hall–Kier alpha value is -3.23. The SMILES string of the molecule is Cc1ccc(NC(=O)c2cnn(CC(=O)O)c2)c([N+](=O)[O-])c1. The number of aliphatic carboxylic acids is 1. The van der Waals surface area contributed by atoms with E-state index in [9.17, 15) is 19.7 Å². The Morgan fingerprint density at radius 2 is 2.18 bits per heavy atom. The fourth-order valence-electron chi connectivity index (χ4n) is 1.80. The summed E-state index contributed by atoms with van der Waals surface area (Å²) < 4.78 is 1.08. The number of carbonyl (C=O) groups is 2. The van der Waals surface area contributed by atoms with E-state index in [4.69, 9.17) is 5.11 Å². The summed E-state index contributed by atoms with van der Waals surface area (Å²) in [5.74, 6) is -1.70. The van der Waals surface area contributed by atoms with E-state index >= 15 is 0 Å². The van der Waals surface area contributed by atoms with Crippen LogP contribution in [0, 0.1) is 17.0 Å². The maximum Gasteiger partial charge on any atom is 0.325 e. The molecule has 9 heteroatoms. The molecule has 2 rings (SSSR count). The number of aromatic nitrogens is 2. The number of amides is 1. The minimum atomic E-state index is -1.09. The van der Waals surface area contributed by atoms with E-state index in [0.717, 1.165) is 4.68 Å². The van der Waals surface area contributed by atoms with Crippen LogP contribution in [-0.2, 0) is 11.3 Å². The highest BCUT2D eigenvalue weighted by Gasteiger charge is 2.17. The lowest BCUT2D eigenvalue weighted by Gasteiger charge is -2.05. The normalized spacial score (nSPS) is 10.2. The van der Waals surface area contributed by atoms with Crippen molar-refractivity contribution in [2.24, 2.45) is 0 Å². The largest absolute Gasteiger partial charge is 0.480 e. The number of carboxylic acid groups (broad SMARTS) is 1. The summed E-state index contributed by atoms with van der Waals surface area (Å²) in [6.45, 7) is 1.33. The third-order valence-corrected chi connectivity index (χ3v) is 2.79. The van der Waals surface area contributed by atoms with Crippen LogP contribution in [0.15, 0.2) is 30.6 Å². The second-order valence-electron chi connectivity index (χ2n) is 4.55. The lowest BCUT2D eigenvalue weighted by Crippen LogP contribution is -2.13. The van der Waals surface area contributed by atoms with E-state index in [1.165, 1.54) is 24.5 Å². The van der Waals surface area contributed by atoms with Gasteiger partial charge in [0.05, 0.1) is 16.7 Å². The van der Waals surface area contributed by atoms with Gasteiger partial charge < -0.3 is 10.4 Å². The summed E-state index contributed by atoms with van der Waals surface area (Å²) in [5, 5.41) is 25.8. The molecule has 1 amide bonds. The Morgan fingerprint density at radius 1 is 1.45 bits per heavy atom. The van der Waals surface area contributed by atoms with Crippen LogP contribution in [-0.4, -0.2) is 31.7 Å². The molecule has 2 aromatic rings. The first-order chi connectivity index (χ1) is 10.4. The molecule has 0 radical (unpaired) electrons. The quantitative estimate of drug-likeness (QED) is 0.635. The molecule has 0 aliphatic rings. The van der Waals surface area contributed by atoms with Crippen LogP contribution in [0.2, 0.25) is 0 Å². The van der Waals surface area contributed by atoms with Gasteiger partial charge in [0.1, 0.15) is 12.2 Å². The lowest BCUT2D eigenvalue weighted by molar-refractivity contribution is -0.384. The number of rotatable bonds is 5. The van der Waals surface area contributed by atoms with Crippen molar-refractivity contribution < 1.29 is 19.6 Å². The molecule has 0 fully saturated rings. The summed E-state index contributed by atoms with van der Waals surface area (Å²) >= 11 is 0. The van der Waals surface area contributed by atoms with Crippen molar-refractivity contribution >= 4 is 23.3 Å². The van der Waals surface area contributed by atoms with Crippen molar-refractivity contribution in [1.29, 1.82) is 0 Å². The molecule has 0 bridgehead atoms. The number of nitrogens with one attached hydrogen (secondary N) is 1. The topological polar surface area (TPSA) is 127 Å². The van der Waals surface area contributed by atoms with Gasteiger partial charge in [0, 0.05) is 12.3 Å². The van der Waals surface area contributed by atoms with Crippen LogP contribution in [0.4, 0.5) is 11.4 Å². The molecule has 22 heavy (non-hydrogen) atoms. The van der Waals surface area contributed by atoms with Crippen molar-refractivity contribution in [2.45, 2.75) is 13.5 Å². The summed E-state index contributed by atoms with van der Waals surface area (Å²) in [7, 11) is 0. The highest BCUT2D eigenvalue weighted by atomic mass is 16.6. The predicted molar refractivity (Wildman–Crippen MR) is 75.6 cm³/mol. The fraction of sp³-hybridized carbons (Fsp3) is 0.154. The van der Waals surface area contributed by atoms with Gasteiger partial charge in [-0.2, -0.15) is 5.10 Å². The number of nitro benzene ring substituents is 1. The van der Waals surface area contributed by atoms with Gasteiger partial charge in [-0.25, -0.2) is 0 Å². The number of carbonyl (C=O) groups excluding carboxylic acids is 1. The van der Waals surface area contributed by atoms with Crippen molar-refractivity contribution in [2.75, 3.05) is 5.32 Å². The molecular weight excluding hydrogens is 292 g/mol. The van der Waals surface area contributed by atoms with E-state index in [0.29, 0.717) is 5.56 Å². The highest BCUT2D eigenvalue weighted by molar-refractivity contribution is 6.05. The summed E-state index contributed by atoms with van der Waals surface area (Å²) in [6, 6.07) is 4.42. The molecular formula is C13H12N4O5. The Morgan fingerprint density at radius 3 is 2.82 bits per heavy atom. The standard InChI is InChI=1S/C13H12N4O5/c1-8-2-3-10(11(4-8)17(21)22)15-13(20)9-5-14-16(6-9)7-12(18)19/h2-6H,7H2,1H3,(H,15,20)(H,18,19). The molecule has 9 nitrogen and oxygen atoms in total. The minimum absolute atomic E-state index is 0.0617. The molecule has 2 N–H and O–H groups in total. The van der Waals surface area contributed by atoms with Gasteiger partial charge in [-0.1, -0.05) is 6.07 Å². The molecule has 0 aliphatic carbocycles. The highest BCUT2D eigenvalue weighted by Crippen LogP contribution is 2.25. The van der Waals surface area contributed by atoms with E-state index in [-0.39, 0.29) is 23.5 Å². The predicted octanol–water partition coefficient (Wildman–Crippen LogP) is 1.44. The van der Waals surface area contributed by atoms with E-state index in [1.807, 2.05) is 0 Å². The Bertz CT molecular complexity index is 753. The van der Waals surface area contributed by atoms with Gasteiger partial charge in [-0.05, 0) is 18.6 Å². The zero-order valence-electron chi connectivity index (χ0n) is 11.5. The number of nitrogens with zero attached hydrogens (tertiary/aromatic N) is 3. The average molecular weight is 304 g/mol. The number of benzene rings is 1. The molecule has 0 saturated heterocycles. The third-order valence-electron chi connectivity index (χ3n) is 2.79. The summed E-state index contributed by atoms with van der Waals surface area (Å²) in [6.07, 6.45) is 2.45. The molecule has 1 aromatic carbocycles. The molecule has 0 spiro atoms. The number of hydrogen-bond acceptors (Lipinski definition) is 5. The van der Waals surface area contributed by atoms with Crippen LogP contribution < -0.4 is 5.32 Å². The van der Waals surface area contributed by atoms with Crippen molar-refractivity contribution in [3.8, 4) is 0 Å². The Kier molecular flexibility index (Phi) is 4.16. The zero-order chi connectivity index (χ0) is 16.3. The molecule has 114 valence electrons. The Labute approximate surface area is 124 Å². The van der Waals surface area contributed by atoms with Crippen molar-refractivity contribution in [1.82, 2.24) is 9.78 Å². The molecule has 0 unspecified atom stereocenters. The van der Waals surface area contributed by atoms with Crippen LogP contribution in [0.25, 0.3) is 0 Å². The average Bonchev–Trinajstić information content (AvgIpc) is 2.88. The van der Waals surface area contributed by atoms with Crippen LogP contribution in [0.5, 0.6) is 0 Å². The fourth-order valence-corrected chi connectivity index (χ4v) is 1.80. The number of carboxylic acids is 1. The first kappa shape index (κ1) is 15.2. The van der Waals surface area contributed by atoms with Crippen molar-refractivity contribution in [3.63, 3.8) is 0 Å². The molecule has 1 heterocycles. The van der Waals surface area contributed by atoms with Crippen LogP contribution >= 0.6 is 0 Å². The third kappa shape index (κ3) is 3.45. The van der Waals surface area contributed by atoms with Gasteiger partial charge >= 0.3 is 5.97 Å². The second kappa shape index (κ2) is 6.04. The van der Waals surface area contributed by atoms with E-state index < -0.39 is 16.8 Å². The molecule has 0 atom stereocenters. The number of nitro groups is 1. The molecule has 0 aliphatic heterocycles. The van der Waals surface area contributed by atoms with Gasteiger partial charge in [0.2, 0.25) is 0 Å². The van der Waals surface area contributed by atoms with E-state index in [1.54, 1.807) is 13.0 Å². The summed E-state index contributed by atoms with van der Waals surface area (Å²) in [4.78, 5) is 33.0. The van der Waals surface area contributed by atoms with Crippen LogP contribution in [0.3, 0.4) is 0 Å². The maximum atomic E-state index is 12.0. The monoisotopic (exact) mass is 304 g/mol. The summed E-state index contributed by atoms with van der Waals surface area (Å²) in [5.41, 5.74) is 0.646. The minimum Gasteiger partial charge on any atom is -0.480 e. The van der Waals surface area contributed by atoms with Gasteiger partial charge in [0.25, 0.3) is 11.6 Å². The Balaban J connectivity index is 2.20. The lowest BCUT2D eigenvalue weighted by atomic mass is 10.2. The van der Waals surface area contributed by atoms with E-state index in [2.05, 4.69) is 10.4 Å². The number of aryl methyl sites for hydroxylation is 1. The first-order valence-corrected chi connectivity index (χ1v) is 6.17. The molecule has 1 aromatic heterocycles. The molecule has 0 saturated carbocycles. The van der Waals surface area contributed by atoms with Gasteiger partial charge in [0.15, 0.2) is 0 Å². The first-order valence-electron chi connectivity index (χ1n) is 6.17. The zero-order valence-corrected chi connectivity index (χ0v) is 11.5. The van der Waals surface area contributed by atoms with Gasteiger partial charge in [-0.3, -0.25) is 24.4 Å². The number of hydrogen-bond donors (Lipinski definition) is 2. The maximum absolute atomic E-state index is 12.0. The number of anilines is 1. The van der Waals surface area contributed by atoms with Crippen LogP contribution in [0.1, 0.15) is 15.9 Å². The van der Waals surface area contributed by atoms with Gasteiger partial charge in [-0.15, -0.1) is 0 Å². The van der Waals surface area contributed by atoms with Crippen molar-refractivity contribution in [3.05, 3.63) is 51.8 Å².